The number of carboxylic acids is 2. The molecular weight excluding hydrogens is 417 g/mol. The lowest BCUT2D eigenvalue weighted by molar-refractivity contribution is 0.0685. The van der Waals surface area contributed by atoms with Crippen LogP contribution >= 0.6 is 0 Å². The first kappa shape index (κ1) is 25.1. The minimum atomic E-state index is -2.14. The molecule has 0 spiro atoms. The zero-order chi connectivity index (χ0) is 22.6. The summed E-state index contributed by atoms with van der Waals surface area (Å²) in [6, 6.07) is 0. The Hall–Kier alpha value is -0.972. The van der Waals surface area contributed by atoms with Gasteiger partial charge >= 0.3 is 11.9 Å². The van der Waals surface area contributed by atoms with Gasteiger partial charge in [-0.15, -0.1) is 0 Å². The highest BCUT2D eigenvalue weighted by Crippen LogP contribution is 2.19. The summed E-state index contributed by atoms with van der Waals surface area (Å²) in [6.45, 7) is 25.7. The largest absolute Gasteiger partial charge is 0.478 e. The lowest BCUT2D eigenvalue weighted by atomic mass is 10.1. The van der Waals surface area contributed by atoms with E-state index in [9.17, 15) is 19.8 Å². The fourth-order valence-corrected chi connectivity index (χ4v) is 16.4. The van der Waals surface area contributed by atoms with Crippen molar-refractivity contribution in [3.05, 3.63) is 11.1 Å². The van der Waals surface area contributed by atoms with Crippen LogP contribution in [0.3, 0.4) is 0 Å². The quantitative estimate of drug-likeness (QED) is 0.647. The Bertz CT molecular complexity index is 695. The van der Waals surface area contributed by atoms with Crippen molar-refractivity contribution in [1.29, 1.82) is 0 Å². The van der Waals surface area contributed by atoms with Crippen LogP contribution in [0.25, 0.3) is 0 Å². The molecule has 4 nitrogen and oxygen atoms in total. The molecule has 8 heteroatoms. The summed E-state index contributed by atoms with van der Waals surface area (Å²) in [6.07, 6.45) is 0. The Morgan fingerprint density at radius 1 is 0.464 bits per heavy atom. The molecule has 0 saturated carbocycles. The molecule has 0 unspecified atom stereocenters. The van der Waals surface area contributed by atoms with Crippen molar-refractivity contribution in [2.45, 2.75) is 78.6 Å². The van der Waals surface area contributed by atoms with E-state index in [-0.39, 0.29) is 0 Å². The molecular formula is C20H38O4Si4. The highest BCUT2D eigenvalue weighted by Gasteiger charge is 2.44. The Morgan fingerprint density at radius 2 is 0.607 bits per heavy atom. The van der Waals surface area contributed by atoms with Crippen molar-refractivity contribution in [2.75, 3.05) is 0 Å². The molecule has 0 aliphatic heterocycles. The van der Waals surface area contributed by atoms with Crippen molar-refractivity contribution in [3.8, 4) is 0 Å². The molecule has 0 atom stereocenters. The van der Waals surface area contributed by atoms with Gasteiger partial charge in [0.1, 0.15) is 0 Å². The SMILES string of the molecule is C[Si](C)(C)c1c(C(=O)O)c([Si](C)(C)C)c([Si](C)(C)C)c(C(=O)O)c1[Si](C)(C)C. The zero-order valence-corrected chi connectivity index (χ0v) is 23.7. The Kier molecular flexibility index (Phi) is 6.60. The molecule has 0 saturated heterocycles. The van der Waals surface area contributed by atoms with Crippen molar-refractivity contribution < 1.29 is 19.8 Å². The molecule has 0 aliphatic rings. The van der Waals surface area contributed by atoms with Crippen LogP contribution in [0, 0.1) is 0 Å². The van der Waals surface area contributed by atoms with Gasteiger partial charge in [0.15, 0.2) is 0 Å². The molecule has 0 amide bonds. The summed E-state index contributed by atoms with van der Waals surface area (Å²) >= 11 is 0. The van der Waals surface area contributed by atoms with Crippen LogP contribution in [-0.2, 0) is 0 Å². The number of benzene rings is 1. The lowest BCUT2D eigenvalue weighted by Gasteiger charge is -2.39. The van der Waals surface area contributed by atoms with Crippen molar-refractivity contribution in [1.82, 2.24) is 0 Å². The normalized spacial score (nSPS) is 13.6. The maximum Gasteiger partial charge on any atom is 0.335 e. The number of rotatable bonds is 6. The summed E-state index contributed by atoms with van der Waals surface area (Å²) < 4.78 is 0. The van der Waals surface area contributed by atoms with Crippen molar-refractivity contribution in [2.24, 2.45) is 0 Å². The number of aromatic carboxylic acids is 2. The van der Waals surface area contributed by atoms with E-state index in [0.717, 1.165) is 20.7 Å². The van der Waals surface area contributed by atoms with E-state index in [0.29, 0.717) is 11.1 Å². The summed E-state index contributed by atoms with van der Waals surface area (Å²) in [5.74, 6) is -1.77. The highest BCUT2D eigenvalue weighted by atomic mass is 28.3. The first-order valence-electron chi connectivity index (χ1n) is 9.86. The van der Waals surface area contributed by atoms with Gasteiger partial charge in [0.25, 0.3) is 0 Å². The fourth-order valence-electron chi connectivity index (χ4n) is 4.18. The molecule has 1 aromatic rings. The van der Waals surface area contributed by atoms with E-state index in [4.69, 9.17) is 0 Å². The Morgan fingerprint density at radius 3 is 0.679 bits per heavy atom. The average molecular weight is 455 g/mol. The number of carboxylic acid groups (broad SMARTS) is 2. The predicted octanol–water partition coefficient (Wildman–Crippen LogP) is 3.26. The summed E-state index contributed by atoms with van der Waals surface area (Å²) in [5, 5.41) is 24.4. The minimum Gasteiger partial charge on any atom is -0.478 e. The van der Waals surface area contributed by atoms with Gasteiger partial charge in [-0.05, 0) is 20.7 Å². The van der Waals surface area contributed by atoms with Crippen LogP contribution in [0.1, 0.15) is 20.7 Å². The van der Waals surface area contributed by atoms with Gasteiger partial charge in [-0.1, -0.05) is 78.6 Å². The topological polar surface area (TPSA) is 74.6 Å². The van der Waals surface area contributed by atoms with Gasteiger partial charge in [0.2, 0.25) is 0 Å². The Balaban J connectivity index is 4.73. The molecule has 0 aliphatic carbocycles. The van der Waals surface area contributed by atoms with Gasteiger partial charge < -0.3 is 10.2 Å². The second-order valence-electron chi connectivity index (χ2n) is 11.9. The standard InChI is InChI=1S/C20H38O4Si4/c1-25(2,3)15-13(19(21)22)17(27(7,8)9)18(28(10,11)12)14(20(23)24)16(15)26(4,5)6/h1-12H3,(H,21,22)(H,23,24). The molecule has 0 heterocycles. The van der Waals surface area contributed by atoms with E-state index in [1.165, 1.54) is 0 Å². The third-order valence-corrected chi connectivity index (χ3v) is 13.4. The molecule has 0 bridgehead atoms. The van der Waals surface area contributed by atoms with Gasteiger partial charge in [-0.2, -0.15) is 0 Å². The number of hydrogen-bond donors (Lipinski definition) is 2. The molecule has 28 heavy (non-hydrogen) atoms. The van der Waals surface area contributed by atoms with E-state index in [1.54, 1.807) is 0 Å². The predicted molar refractivity (Wildman–Crippen MR) is 132 cm³/mol. The molecule has 158 valence electrons. The number of hydrogen-bond acceptors (Lipinski definition) is 2. The van der Waals surface area contributed by atoms with E-state index in [2.05, 4.69) is 78.6 Å². The molecule has 0 fully saturated rings. The molecule has 0 radical (unpaired) electrons. The maximum absolute atomic E-state index is 12.7. The first-order chi connectivity index (χ1) is 12.1. The molecule has 2 N–H and O–H groups in total. The van der Waals surface area contributed by atoms with E-state index >= 15 is 0 Å². The van der Waals surface area contributed by atoms with Crippen LogP contribution < -0.4 is 20.7 Å². The van der Waals surface area contributed by atoms with Crippen LogP contribution in [-0.4, -0.2) is 54.4 Å². The lowest BCUT2D eigenvalue weighted by Crippen LogP contribution is -2.71. The second kappa shape index (κ2) is 7.37. The maximum atomic E-state index is 12.7. The Labute approximate surface area is 174 Å². The average Bonchev–Trinajstić information content (AvgIpc) is 2.39. The van der Waals surface area contributed by atoms with Gasteiger partial charge in [-0.25, -0.2) is 9.59 Å². The van der Waals surface area contributed by atoms with Gasteiger partial charge in [0, 0.05) is 0 Å². The van der Waals surface area contributed by atoms with Crippen LogP contribution in [0.15, 0.2) is 0 Å². The summed E-state index contributed by atoms with van der Waals surface area (Å²) in [7, 11) is -8.55. The fraction of sp³-hybridized carbons (Fsp3) is 0.600. The van der Waals surface area contributed by atoms with Gasteiger partial charge in [-0.3, -0.25) is 0 Å². The first-order valence-corrected chi connectivity index (χ1v) is 23.9. The van der Waals surface area contributed by atoms with E-state index < -0.39 is 44.2 Å². The molecule has 1 rings (SSSR count). The van der Waals surface area contributed by atoms with Gasteiger partial charge in [0.05, 0.1) is 43.4 Å². The molecule has 1 aromatic carbocycles. The smallest absolute Gasteiger partial charge is 0.335 e. The van der Waals surface area contributed by atoms with Crippen LogP contribution in [0.4, 0.5) is 0 Å². The van der Waals surface area contributed by atoms with Crippen molar-refractivity contribution >= 4 is 65.0 Å². The summed E-state index contributed by atoms with van der Waals surface area (Å²) in [5.41, 5.74) is 0.913. The van der Waals surface area contributed by atoms with Crippen molar-refractivity contribution in [3.63, 3.8) is 0 Å². The van der Waals surface area contributed by atoms with E-state index in [1.807, 2.05) is 0 Å². The minimum absolute atomic E-state index is 0.457. The third-order valence-electron chi connectivity index (χ3n) is 4.93. The van der Waals surface area contributed by atoms with Crippen LogP contribution in [0.5, 0.6) is 0 Å². The monoisotopic (exact) mass is 454 g/mol. The molecule has 0 aromatic heterocycles. The highest BCUT2D eigenvalue weighted by molar-refractivity contribution is 7.04. The zero-order valence-electron chi connectivity index (χ0n) is 19.7. The van der Waals surface area contributed by atoms with Crippen LogP contribution in [0.2, 0.25) is 78.6 Å². The second-order valence-corrected chi connectivity index (χ2v) is 31.9. The third kappa shape index (κ3) is 4.77. The summed E-state index contributed by atoms with van der Waals surface area (Å²) in [4.78, 5) is 25.4. The number of carbonyl (C=O) groups is 2.